The standard InChI is InChI=1S/C27H32N2O6/c1-27(2,3)35-25(32)28-23-15-29(13-12-17(23)14-24(30)31)26(33)34-16-22-20-10-6-4-8-18(20)19-9-5-7-11-21(19)22/h4-11,17,22-23H,12-16H2,1-3H3,(H,28,32)(H,30,31). The summed E-state index contributed by atoms with van der Waals surface area (Å²) in [5, 5.41) is 12.1. The maximum absolute atomic E-state index is 13.0. The van der Waals surface area contributed by atoms with Crippen molar-refractivity contribution < 1.29 is 29.0 Å². The van der Waals surface area contributed by atoms with Gasteiger partial charge in [0.15, 0.2) is 0 Å². The molecule has 8 heteroatoms. The molecule has 1 saturated heterocycles. The number of hydrogen-bond donors (Lipinski definition) is 2. The molecule has 0 bridgehead atoms. The van der Waals surface area contributed by atoms with Gasteiger partial charge in [-0.3, -0.25) is 4.79 Å². The number of nitrogens with zero attached hydrogens (tertiary/aromatic N) is 1. The number of carbonyl (C=O) groups excluding carboxylic acids is 2. The lowest BCUT2D eigenvalue weighted by molar-refractivity contribution is -0.138. The fourth-order valence-corrected chi connectivity index (χ4v) is 4.94. The van der Waals surface area contributed by atoms with Crippen molar-refractivity contribution in [2.24, 2.45) is 5.92 Å². The second-order valence-corrected chi connectivity index (χ2v) is 10.1. The Labute approximate surface area is 205 Å². The number of alkyl carbamates (subject to hydrolysis) is 1. The summed E-state index contributed by atoms with van der Waals surface area (Å²) in [7, 11) is 0. The van der Waals surface area contributed by atoms with Crippen molar-refractivity contribution in [2.75, 3.05) is 19.7 Å². The summed E-state index contributed by atoms with van der Waals surface area (Å²) >= 11 is 0. The number of carboxylic acids is 1. The van der Waals surface area contributed by atoms with E-state index in [9.17, 15) is 19.5 Å². The van der Waals surface area contributed by atoms with E-state index in [0.29, 0.717) is 13.0 Å². The molecule has 1 heterocycles. The highest BCUT2D eigenvalue weighted by Crippen LogP contribution is 2.44. The van der Waals surface area contributed by atoms with Crippen LogP contribution in [0.1, 0.15) is 50.7 Å². The van der Waals surface area contributed by atoms with Crippen molar-refractivity contribution in [2.45, 2.75) is 51.2 Å². The largest absolute Gasteiger partial charge is 0.481 e. The van der Waals surface area contributed by atoms with E-state index in [1.165, 1.54) is 4.90 Å². The number of rotatable bonds is 5. The molecule has 2 N–H and O–H groups in total. The molecule has 0 radical (unpaired) electrons. The van der Waals surface area contributed by atoms with Crippen molar-refractivity contribution >= 4 is 18.2 Å². The van der Waals surface area contributed by atoms with Gasteiger partial charge in [0.05, 0.1) is 12.5 Å². The Morgan fingerprint density at radius 3 is 2.20 bits per heavy atom. The first-order valence-electron chi connectivity index (χ1n) is 11.9. The second kappa shape index (κ2) is 9.98. The molecule has 1 aliphatic carbocycles. The molecule has 2 aromatic carbocycles. The van der Waals surface area contributed by atoms with Crippen LogP contribution < -0.4 is 5.32 Å². The number of carbonyl (C=O) groups is 3. The fraction of sp³-hybridized carbons (Fsp3) is 0.444. The smallest absolute Gasteiger partial charge is 0.409 e. The third-order valence-electron chi connectivity index (χ3n) is 6.49. The van der Waals surface area contributed by atoms with Crippen LogP contribution in [0, 0.1) is 5.92 Å². The van der Waals surface area contributed by atoms with E-state index in [2.05, 4.69) is 29.6 Å². The molecular formula is C27H32N2O6. The van der Waals surface area contributed by atoms with E-state index in [1.807, 2.05) is 24.3 Å². The summed E-state index contributed by atoms with van der Waals surface area (Å²) in [5.74, 6) is -1.30. The number of aliphatic carboxylic acids is 1. The van der Waals surface area contributed by atoms with Crippen LogP contribution in [0.15, 0.2) is 48.5 Å². The first-order valence-corrected chi connectivity index (χ1v) is 11.9. The van der Waals surface area contributed by atoms with Gasteiger partial charge in [-0.15, -0.1) is 0 Å². The Bertz CT molecular complexity index is 1060. The number of amides is 2. The molecule has 2 aliphatic rings. The van der Waals surface area contributed by atoms with Gasteiger partial charge in [0.25, 0.3) is 0 Å². The van der Waals surface area contributed by atoms with Gasteiger partial charge in [-0.25, -0.2) is 9.59 Å². The van der Waals surface area contributed by atoms with Crippen LogP contribution in [0.5, 0.6) is 0 Å². The molecule has 1 fully saturated rings. The minimum Gasteiger partial charge on any atom is -0.481 e. The van der Waals surface area contributed by atoms with E-state index in [0.717, 1.165) is 22.3 Å². The van der Waals surface area contributed by atoms with Gasteiger partial charge < -0.3 is 24.8 Å². The normalized spacial score (nSPS) is 19.5. The number of nitrogens with one attached hydrogen (secondary N) is 1. The van der Waals surface area contributed by atoms with Gasteiger partial charge in [0, 0.05) is 19.0 Å². The van der Waals surface area contributed by atoms with Crippen LogP contribution in [-0.4, -0.2) is 59.5 Å². The molecule has 0 spiro atoms. The third-order valence-corrected chi connectivity index (χ3v) is 6.49. The van der Waals surface area contributed by atoms with Gasteiger partial charge in [-0.1, -0.05) is 48.5 Å². The molecule has 2 atom stereocenters. The highest BCUT2D eigenvalue weighted by molar-refractivity contribution is 5.79. The van der Waals surface area contributed by atoms with E-state index >= 15 is 0 Å². The molecule has 2 amide bonds. The first-order chi connectivity index (χ1) is 16.6. The van der Waals surface area contributed by atoms with Crippen LogP contribution in [-0.2, 0) is 14.3 Å². The number of ether oxygens (including phenoxy) is 2. The van der Waals surface area contributed by atoms with Crippen molar-refractivity contribution in [1.29, 1.82) is 0 Å². The Kier molecular flexibility index (Phi) is 7.00. The van der Waals surface area contributed by atoms with Crippen molar-refractivity contribution in [3.63, 3.8) is 0 Å². The molecular weight excluding hydrogens is 448 g/mol. The number of carboxylic acid groups (broad SMARTS) is 1. The van der Waals surface area contributed by atoms with Gasteiger partial charge in [-0.05, 0) is 55.4 Å². The Morgan fingerprint density at radius 2 is 1.63 bits per heavy atom. The summed E-state index contributed by atoms with van der Waals surface area (Å²) < 4.78 is 11.1. The summed E-state index contributed by atoms with van der Waals surface area (Å²) in [6.07, 6.45) is -0.764. The highest BCUT2D eigenvalue weighted by Gasteiger charge is 2.36. The molecule has 35 heavy (non-hydrogen) atoms. The Hall–Kier alpha value is -3.55. The highest BCUT2D eigenvalue weighted by atomic mass is 16.6. The monoisotopic (exact) mass is 480 g/mol. The van der Waals surface area contributed by atoms with Gasteiger partial charge in [0.1, 0.15) is 12.2 Å². The summed E-state index contributed by atoms with van der Waals surface area (Å²) in [4.78, 5) is 38.2. The van der Waals surface area contributed by atoms with Gasteiger partial charge in [-0.2, -0.15) is 0 Å². The topological polar surface area (TPSA) is 105 Å². The van der Waals surface area contributed by atoms with E-state index in [-0.39, 0.29) is 31.4 Å². The van der Waals surface area contributed by atoms with Crippen LogP contribution in [0.3, 0.4) is 0 Å². The van der Waals surface area contributed by atoms with Crippen LogP contribution in [0.25, 0.3) is 11.1 Å². The lowest BCUT2D eigenvalue weighted by Crippen LogP contribution is -2.55. The van der Waals surface area contributed by atoms with E-state index in [1.54, 1.807) is 20.8 Å². The molecule has 8 nitrogen and oxygen atoms in total. The number of fused-ring (bicyclic) bond motifs is 3. The Balaban J connectivity index is 1.42. The number of piperidine rings is 1. The lowest BCUT2D eigenvalue weighted by atomic mass is 9.89. The zero-order chi connectivity index (χ0) is 25.2. The second-order valence-electron chi connectivity index (χ2n) is 10.1. The Morgan fingerprint density at radius 1 is 1.03 bits per heavy atom. The summed E-state index contributed by atoms with van der Waals surface area (Å²) in [6, 6.07) is 15.7. The lowest BCUT2D eigenvalue weighted by Gasteiger charge is -2.38. The average molecular weight is 481 g/mol. The minimum atomic E-state index is -0.944. The van der Waals surface area contributed by atoms with Crippen molar-refractivity contribution in [3.05, 3.63) is 59.7 Å². The third kappa shape index (κ3) is 5.75. The molecule has 0 saturated carbocycles. The maximum atomic E-state index is 13.0. The SMILES string of the molecule is CC(C)(C)OC(=O)NC1CN(C(=O)OCC2c3ccccc3-c3ccccc32)CCC1CC(=O)O. The zero-order valence-electron chi connectivity index (χ0n) is 20.3. The van der Waals surface area contributed by atoms with E-state index in [4.69, 9.17) is 9.47 Å². The molecule has 2 aromatic rings. The molecule has 2 unspecified atom stereocenters. The molecule has 186 valence electrons. The molecule has 1 aliphatic heterocycles. The average Bonchev–Trinajstić information content (AvgIpc) is 3.11. The minimum absolute atomic E-state index is 0.0495. The van der Waals surface area contributed by atoms with Crippen LogP contribution >= 0.6 is 0 Å². The summed E-state index contributed by atoms with van der Waals surface area (Å²) in [5.41, 5.74) is 3.88. The summed E-state index contributed by atoms with van der Waals surface area (Å²) in [6.45, 7) is 5.99. The van der Waals surface area contributed by atoms with Gasteiger partial charge in [0.2, 0.25) is 0 Å². The maximum Gasteiger partial charge on any atom is 0.409 e. The zero-order valence-corrected chi connectivity index (χ0v) is 20.3. The van der Waals surface area contributed by atoms with Crippen molar-refractivity contribution in [3.8, 4) is 11.1 Å². The van der Waals surface area contributed by atoms with Crippen LogP contribution in [0.2, 0.25) is 0 Å². The van der Waals surface area contributed by atoms with Crippen molar-refractivity contribution in [1.82, 2.24) is 10.2 Å². The number of hydrogen-bond acceptors (Lipinski definition) is 5. The predicted octanol–water partition coefficient (Wildman–Crippen LogP) is 4.63. The van der Waals surface area contributed by atoms with E-state index < -0.39 is 29.8 Å². The quantitative estimate of drug-likeness (QED) is 0.647. The predicted molar refractivity (Wildman–Crippen MR) is 130 cm³/mol. The fourth-order valence-electron chi connectivity index (χ4n) is 4.94. The van der Waals surface area contributed by atoms with Crippen LogP contribution in [0.4, 0.5) is 9.59 Å². The molecule has 0 aromatic heterocycles. The number of likely N-dealkylation sites (tertiary alicyclic amines) is 1. The first kappa shape index (κ1) is 24.6. The molecule has 4 rings (SSSR count). The van der Waals surface area contributed by atoms with Gasteiger partial charge >= 0.3 is 18.2 Å². The number of benzene rings is 2.